The Balaban J connectivity index is 2.40. The Kier molecular flexibility index (Phi) is 4.02. The Morgan fingerprint density at radius 3 is 2.38 bits per heavy atom. The SMILES string of the molecule is Cc1ccc(NS(=O)(=O)c2cc(N)c(O)c(Cl)c2)cc1C. The van der Waals surface area contributed by atoms with E-state index in [4.69, 9.17) is 17.3 Å². The fourth-order valence-electron chi connectivity index (χ4n) is 1.77. The second-order valence-corrected chi connectivity index (χ2v) is 6.84. The number of aromatic hydroxyl groups is 1. The minimum Gasteiger partial charge on any atom is -0.504 e. The van der Waals surface area contributed by atoms with Crippen molar-refractivity contribution in [2.24, 2.45) is 0 Å². The first-order chi connectivity index (χ1) is 9.70. The molecule has 0 heterocycles. The number of rotatable bonds is 3. The molecule has 0 aromatic heterocycles. The van der Waals surface area contributed by atoms with Crippen molar-refractivity contribution in [3.05, 3.63) is 46.5 Å². The van der Waals surface area contributed by atoms with E-state index in [0.717, 1.165) is 23.3 Å². The number of nitrogens with two attached hydrogens (primary N) is 1. The number of phenolic OH excluding ortho intramolecular Hbond substituents is 1. The highest BCUT2D eigenvalue weighted by Gasteiger charge is 2.18. The number of sulfonamides is 1. The van der Waals surface area contributed by atoms with E-state index in [-0.39, 0.29) is 21.4 Å². The third kappa shape index (κ3) is 3.22. The third-order valence-corrected chi connectivity index (χ3v) is 4.78. The van der Waals surface area contributed by atoms with E-state index in [2.05, 4.69) is 4.72 Å². The van der Waals surface area contributed by atoms with Gasteiger partial charge in [-0.05, 0) is 49.2 Å². The van der Waals surface area contributed by atoms with Gasteiger partial charge in [-0.1, -0.05) is 17.7 Å². The molecule has 0 atom stereocenters. The molecule has 2 aromatic rings. The fraction of sp³-hybridized carbons (Fsp3) is 0.143. The number of hydrogen-bond acceptors (Lipinski definition) is 4. The predicted molar refractivity (Wildman–Crippen MR) is 84.3 cm³/mol. The lowest BCUT2D eigenvalue weighted by molar-refractivity contribution is 0.478. The zero-order chi connectivity index (χ0) is 15.8. The summed E-state index contributed by atoms with van der Waals surface area (Å²) in [4.78, 5) is -0.110. The summed E-state index contributed by atoms with van der Waals surface area (Å²) in [6.07, 6.45) is 0. The highest BCUT2D eigenvalue weighted by molar-refractivity contribution is 7.92. The van der Waals surface area contributed by atoms with Crippen molar-refractivity contribution < 1.29 is 13.5 Å². The van der Waals surface area contributed by atoms with E-state index in [9.17, 15) is 13.5 Å². The number of anilines is 2. The first-order valence-corrected chi connectivity index (χ1v) is 7.95. The van der Waals surface area contributed by atoms with Crippen molar-refractivity contribution in [3.63, 3.8) is 0 Å². The van der Waals surface area contributed by atoms with Gasteiger partial charge in [-0.2, -0.15) is 0 Å². The Labute approximate surface area is 128 Å². The molecule has 21 heavy (non-hydrogen) atoms. The van der Waals surface area contributed by atoms with Gasteiger partial charge in [-0.3, -0.25) is 4.72 Å². The van der Waals surface area contributed by atoms with Gasteiger partial charge in [0.05, 0.1) is 15.6 Å². The van der Waals surface area contributed by atoms with Crippen molar-refractivity contribution in [3.8, 4) is 5.75 Å². The van der Waals surface area contributed by atoms with Crippen molar-refractivity contribution in [2.45, 2.75) is 18.7 Å². The van der Waals surface area contributed by atoms with Crippen molar-refractivity contribution >= 4 is 33.0 Å². The molecule has 0 radical (unpaired) electrons. The van der Waals surface area contributed by atoms with Crippen LogP contribution in [0.15, 0.2) is 35.2 Å². The Hall–Kier alpha value is -1.92. The maximum Gasteiger partial charge on any atom is 0.262 e. The molecule has 0 fully saturated rings. The van der Waals surface area contributed by atoms with Crippen LogP contribution >= 0.6 is 11.6 Å². The van der Waals surface area contributed by atoms with E-state index in [1.807, 2.05) is 19.9 Å². The van der Waals surface area contributed by atoms with Crippen LogP contribution in [-0.2, 0) is 10.0 Å². The van der Waals surface area contributed by atoms with Crippen molar-refractivity contribution in [1.82, 2.24) is 0 Å². The second kappa shape index (κ2) is 5.46. The van der Waals surface area contributed by atoms with Gasteiger partial charge in [0.1, 0.15) is 0 Å². The molecule has 0 saturated heterocycles. The van der Waals surface area contributed by atoms with Crippen LogP contribution in [0.1, 0.15) is 11.1 Å². The van der Waals surface area contributed by atoms with E-state index in [1.165, 1.54) is 0 Å². The molecule has 0 aliphatic heterocycles. The van der Waals surface area contributed by atoms with Gasteiger partial charge in [0.2, 0.25) is 0 Å². The van der Waals surface area contributed by atoms with Crippen LogP contribution in [0.3, 0.4) is 0 Å². The number of phenols is 1. The molecule has 0 aliphatic rings. The van der Waals surface area contributed by atoms with Crippen LogP contribution in [0.5, 0.6) is 5.75 Å². The largest absolute Gasteiger partial charge is 0.504 e. The standard InChI is InChI=1S/C14H15ClN2O3S/c1-8-3-4-10(5-9(8)2)17-21(19,20)11-6-12(15)14(18)13(16)7-11/h3-7,17-18H,16H2,1-2H3. The minimum absolute atomic E-state index is 0.0945. The number of benzene rings is 2. The van der Waals surface area contributed by atoms with Crippen LogP contribution in [0.2, 0.25) is 5.02 Å². The Bertz CT molecular complexity index is 781. The average molecular weight is 327 g/mol. The summed E-state index contributed by atoms with van der Waals surface area (Å²) >= 11 is 5.75. The van der Waals surface area contributed by atoms with E-state index in [0.29, 0.717) is 5.69 Å². The molecular formula is C14H15ClN2O3S. The lowest BCUT2D eigenvalue weighted by Gasteiger charge is -2.11. The molecule has 0 bridgehead atoms. The number of hydrogen-bond donors (Lipinski definition) is 3. The number of halogens is 1. The molecule has 0 saturated carbocycles. The molecule has 112 valence electrons. The molecule has 0 aliphatic carbocycles. The molecule has 5 nitrogen and oxygen atoms in total. The number of nitrogens with one attached hydrogen (secondary N) is 1. The predicted octanol–water partition coefficient (Wildman–Crippen LogP) is 3.05. The number of nitrogen functional groups attached to an aromatic ring is 1. The topological polar surface area (TPSA) is 92.4 Å². The summed E-state index contributed by atoms with van der Waals surface area (Å²) in [5, 5.41) is 9.37. The van der Waals surface area contributed by atoms with Gasteiger partial charge in [0.25, 0.3) is 10.0 Å². The quantitative estimate of drug-likeness (QED) is 0.597. The Morgan fingerprint density at radius 1 is 1.14 bits per heavy atom. The van der Waals surface area contributed by atoms with Gasteiger partial charge in [0, 0.05) is 5.69 Å². The molecule has 4 N–H and O–H groups in total. The van der Waals surface area contributed by atoms with Crippen molar-refractivity contribution in [1.29, 1.82) is 0 Å². The lowest BCUT2D eigenvalue weighted by atomic mass is 10.1. The highest BCUT2D eigenvalue weighted by Crippen LogP contribution is 2.33. The summed E-state index contributed by atoms with van der Waals surface area (Å²) < 4.78 is 27.1. The van der Waals surface area contributed by atoms with Crippen LogP contribution < -0.4 is 10.5 Å². The van der Waals surface area contributed by atoms with Crippen LogP contribution in [0.4, 0.5) is 11.4 Å². The lowest BCUT2D eigenvalue weighted by Crippen LogP contribution is -2.13. The Morgan fingerprint density at radius 2 is 1.81 bits per heavy atom. The van der Waals surface area contributed by atoms with Gasteiger partial charge >= 0.3 is 0 Å². The van der Waals surface area contributed by atoms with E-state index >= 15 is 0 Å². The first kappa shape index (κ1) is 15.5. The number of aryl methyl sites for hydroxylation is 2. The van der Waals surface area contributed by atoms with Crippen LogP contribution in [0.25, 0.3) is 0 Å². The zero-order valence-electron chi connectivity index (χ0n) is 11.5. The van der Waals surface area contributed by atoms with E-state index < -0.39 is 10.0 Å². The summed E-state index contributed by atoms with van der Waals surface area (Å²) in [7, 11) is -3.83. The van der Waals surface area contributed by atoms with Gasteiger partial charge < -0.3 is 10.8 Å². The third-order valence-electron chi connectivity index (χ3n) is 3.14. The fourth-order valence-corrected chi connectivity index (χ4v) is 3.17. The molecule has 0 amide bonds. The smallest absolute Gasteiger partial charge is 0.262 e. The van der Waals surface area contributed by atoms with Gasteiger partial charge in [-0.25, -0.2) is 8.42 Å². The molecular weight excluding hydrogens is 312 g/mol. The second-order valence-electron chi connectivity index (χ2n) is 4.75. The maximum absolute atomic E-state index is 12.3. The first-order valence-electron chi connectivity index (χ1n) is 6.09. The molecule has 2 rings (SSSR count). The van der Waals surface area contributed by atoms with Crippen LogP contribution in [-0.4, -0.2) is 13.5 Å². The molecule has 7 heteroatoms. The summed E-state index contributed by atoms with van der Waals surface area (Å²) in [5.74, 6) is -0.332. The minimum atomic E-state index is -3.83. The molecule has 0 unspecified atom stereocenters. The average Bonchev–Trinajstić information content (AvgIpc) is 2.39. The van der Waals surface area contributed by atoms with E-state index in [1.54, 1.807) is 12.1 Å². The summed E-state index contributed by atoms with van der Waals surface area (Å²) in [6, 6.07) is 7.54. The summed E-state index contributed by atoms with van der Waals surface area (Å²) in [6.45, 7) is 3.83. The normalized spacial score (nSPS) is 11.4. The van der Waals surface area contributed by atoms with Gasteiger partial charge in [0.15, 0.2) is 5.75 Å². The van der Waals surface area contributed by atoms with Gasteiger partial charge in [-0.15, -0.1) is 0 Å². The van der Waals surface area contributed by atoms with Crippen molar-refractivity contribution in [2.75, 3.05) is 10.5 Å². The monoisotopic (exact) mass is 326 g/mol. The molecule has 2 aromatic carbocycles. The molecule has 0 spiro atoms. The zero-order valence-corrected chi connectivity index (χ0v) is 13.1. The summed E-state index contributed by atoms with van der Waals surface area (Å²) in [5.41, 5.74) is 7.92. The highest BCUT2D eigenvalue weighted by atomic mass is 35.5. The van der Waals surface area contributed by atoms with Crippen LogP contribution in [0, 0.1) is 13.8 Å². The maximum atomic E-state index is 12.3.